The molecule has 1 aliphatic heterocycles. The van der Waals surface area contributed by atoms with Crippen molar-refractivity contribution in [3.8, 4) is 0 Å². The van der Waals surface area contributed by atoms with Gasteiger partial charge in [-0.1, -0.05) is 6.92 Å². The van der Waals surface area contributed by atoms with Gasteiger partial charge in [-0.05, 0) is 31.6 Å². The molecule has 0 spiro atoms. The van der Waals surface area contributed by atoms with Crippen molar-refractivity contribution in [2.45, 2.75) is 38.6 Å². The minimum absolute atomic E-state index is 0.0443. The van der Waals surface area contributed by atoms with Crippen LogP contribution in [0.15, 0.2) is 0 Å². The monoisotopic (exact) mass is 312 g/mol. The van der Waals surface area contributed by atoms with E-state index in [9.17, 15) is 14.4 Å². The summed E-state index contributed by atoms with van der Waals surface area (Å²) in [5, 5.41) is 12.1. The van der Waals surface area contributed by atoms with Gasteiger partial charge in [0.25, 0.3) is 0 Å². The summed E-state index contributed by atoms with van der Waals surface area (Å²) in [7, 11) is 1.37. The second-order valence-electron chi connectivity index (χ2n) is 6.46. The van der Waals surface area contributed by atoms with Gasteiger partial charge < -0.3 is 20.1 Å². The van der Waals surface area contributed by atoms with Gasteiger partial charge in [0.1, 0.15) is 0 Å². The molecule has 0 bridgehead atoms. The molecule has 1 heterocycles. The zero-order chi connectivity index (χ0) is 16.3. The van der Waals surface area contributed by atoms with Crippen LogP contribution in [0.3, 0.4) is 0 Å². The summed E-state index contributed by atoms with van der Waals surface area (Å²) in [5.74, 6) is -1.56. The minimum atomic E-state index is -0.851. The highest BCUT2D eigenvalue weighted by atomic mass is 16.5. The minimum Gasteiger partial charge on any atom is -0.481 e. The molecule has 1 saturated heterocycles. The summed E-state index contributed by atoms with van der Waals surface area (Å²) in [4.78, 5) is 36.6. The van der Waals surface area contributed by atoms with Gasteiger partial charge in [-0.15, -0.1) is 0 Å². The van der Waals surface area contributed by atoms with Crippen LogP contribution in [0.1, 0.15) is 32.6 Å². The number of hydrogen-bond acceptors (Lipinski definition) is 4. The third kappa shape index (κ3) is 3.90. The summed E-state index contributed by atoms with van der Waals surface area (Å²) in [6, 6.07) is -0.273. The zero-order valence-corrected chi connectivity index (χ0v) is 13.1. The van der Waals surface area contributed by atoms with Crippen LogP contribution in [0.4, 0.5) is 4.79 Å². The van der Waals surface area contributed by atoms with Crippen LogP contribution in [-0.2, 0) is 14.3 Å². The molecule has 0 aromatic carbocycles. The third-order valence-electron chi connectivity index (χ3n) is 4.59. The normalized spacial score (nSPS) is 31.6. The lowest BCUT2D eigenvalue weighted by atomic mass is 9.91. The Labute approximate surface area is 130 Å². The van der Waals surface area contributed by atoms with Crippen LogP contribution in [0.25, 0.3) is 0 Å². The number of esters is 1. The first kappa shape index (κ1) is 16.6. The lowest BCUT2D eigenvalue weighted by Crippen LogP contribution is -2.51. The Kier molecular flexibility index (Phi) is 5.26. The smallest absolute Gasteiger partial charge is 0.317 e. The molecule has 2 N–H and O–H groups in total. The molecule has 124 valence electrons. The largest absolute Gasteiger partial charge is 0.481 e. The van der Waals surface area contributed by atoms with Gasteiger partial charge in [-0.2, -0.15) is 0 Å². The Morgan fingerprint density at radius 1 is 1.14 bits per heavy atom. The number of ether oxygens (including phenoxy) is 1. The topological polar surface area (TPSA) is 95.9 Å². The second-order valence-corrected chi connectivity index (χ2v) is 6.46. The third-order valence-corrected chi connectivity index (χ3v) is 4.59. The number of carbonyl (C=O) groups is 3. The predicted molar refractivity (Wildman–Crippen MR) is 78.2 cm³/mol. The van der Waals surface area contributed by atoms with Crippen molar-refractivity contribution in [3.05, 3.63) is 0 Å². The van der Waals surface area contributed by atoms with E-state index in [0.717, 1.165) is 6.42 Å². The molecule has 1 aliphatic carbocycles. The number of aliphatic carboxylic acids is 1. The molecule has 2 rings (SSSR count). The molecule has 2 aliphatic rings. The maximum absolute atomic E-state index is 12.3. The highest BCUT2D eigenvalue weighted by molar-refractivity contribution is 5.77. The van der Waals surface area contributed by atoms with Gasteiger partial charge in [0.05, 0.1) is 18.9 Å². The van der Waals surface area contributed by atoms with Crippen molar-refractivity contribution in [1.82, 2.24) is 10.2 Å². The highest BCUT2D eigenvalue weighted by Gasteiger charge is 2.35. The van der Waals surface area contributed by atoms with Crippen LogP contribution >= 0.6 is 0 Å². The molecule has 0 aromatic rings. The number of amides is 2. The summed E-state index contributed by atoms with van der Waals surface area (Å²) in [6.07, 6.45) is 2.65. The number of urea groups is 1. The SMILES string of the molecule is COC(=O)[C@H]1CC[C@@H](NC(=O)N2CC(C)CC(C(=O)O)C2)C1. The van der Waals surface area contributed by atoms with Gasteiger partial charge in [-0.3, -0.25) is 9.59 Å². The molecule has 7 heteroatoms. The van der Waals surface area contributed by atoms with Crippen LogP contribution in [0, 0.1) is 17.8 Å². The van der Waals surface area contributed by atoms with E-state index in [0.29, 0.717) is 25.8 Å². The molecular weight excluding hydrogens is 288 g/mol. The van der Waals surface area contributed by atoms with Crippen molar-refractivity contribution in [3.63, 3.8) is 0 Å². The number of carboxylic acids is 1. The standard InChI is InChI=1S/C15H24N2O5/c1-9-5-11(13(18)19)8-17(7-9)15(21)16-12-4-3-10(6-12)14(20)22-2/h9-12H,3-8H2,1-2H3,(H,16,21)(H,18,19)/t9?,10-,11?,12+/m0/s1. The molecule has 7 nitrogen and oxygen atoms in total. The number of likely N-dealkylation sites (tertiary alicyclic amines) is 1. The number of carboxylic acid groups (broad SMARTS) is 1. The maximum atomic E-state index is 12.3. The van der Waals surface area contributed by atoms with E-state index in [1.54, 1.807) is 4.90 Å². The number of nitrogens with one attached hydrogen (secondary N) is 1. The van der Waals surface area contributed by atoms with Crippen LogP contribution in [-0.4, -0.2) is 54.2 Å². The lowest BCUT2D eigenvalue weighted by Gasteiger charge is -2.35. The molecule has 4 atom stereocenters. The first-order valence-electron chi connectivity index (χ1n) is 7.76. The van der Waals surface area contributed by atoms with Crippen LogP contribution < -0.4 is 5.32 Å². The predicted octanol–water partition coefficient (Wildman–Crippen LogP) is 1.08. The first-order valence-corrected chi connectivity index (χ1v) is 7.76. The van der Waals surface area contributed by atoms with E-state index in [4.69, 9.17) is 9.84 Å². The summed E-state index contributed by atoms with van der Waals surface area (Å²) in [5.41, 5.74) is 0. The van der Waals surface area contributed by atoms with Crippen molar-refractivity contribution in [2.24, 2.45) is 17.8 Å². The van der Waals surface area contributed by atoms with Crippen molar-refractivity contribution in [2.75, 3.05) is 20.2 Å². The van der Waals surface area contributed by atoms with Gasteiger partial charge in [0.2, 0.25) is 0 Å². The lowest BCUT2D eigenvalue weighted by molar-refractivity contribution is -0.145. The molecule has 2 fully saturated rings. The van der Waals surface area contributed by atoms with E-state index in [-0.39, 0.29) is 36.4 Å². The number of piperidine rings is 1. The van der Waals surface area contributed by atoms with E-state index < -0.39 is 11.9 Å². The Bertz CT molecular complexity index is 453. The zero-order valence-electron chi connectivity index (χ0n) is 13.1. The molecule has 1 saturated carbocycles. The van der Waals surface area contributed by atoms with Crippen LogP contribution in [0.5, 0.6) is 0 Å². The summed E-state index contributed by atoms with van der Waals surface area (Å²) < 4.78 is 4.73. The average Bonchev–Trinajstić information content (AvgIpc) is 2.94. The molecule has 2 amide bonds. The fourth-order valence-electron chi connectivity index (χ4n) is 3.46. The van der Waals surface area contributed by atoms with Gasteiger partial charge in [-0.25, -0.2) is 4.79 Å². The van der Waals surface area contributed by atoms with Gasteiger partial charge in [0.15, 0.2) is 0 Å². The number of hydrogen-bond donors (Lipinski definition) is 2. The van der Waals surface area contributed by atoms with E-state index in [1.807, 2.05) is 6.92 Å². The second kappa shape index (κ2) is 6.98. The first-order chi connectivity index (χ1) is 10.4. The van der Waals surface area contributed by atoms with E-state index >= 15 is 0 Å². The fourth-order valence-corrected chi connectivity index (χ4v) is 3.46. The number of methoxy groups -OCH3 is 1. The number of rotatable bonds is 3. The number of nitrogens with zero attached hydrogens (tertiary/aromatic N) is 1. The van der Waals surface area contributed by atoms with E-state index in [1.165, 1.54) is 7.11 Å². The van der Waals surface area contributed by atoms with Crippen molar-refractivity contribution in [1.29, 1.82) is 0 Å². The molecule has 22 heavy (non-hydrogen) atoms. The fraction of sp³-hybridized carbons (Fsp3) is 0.800. The van der Waals surface area contributed by atoms with Gasteiger partial charge >= 0.3 is 18.0 Å². The van der Waals surface area contributed by atoms with E-state index in [2.05, 4.69) is 5.32 Å². The van der Waals surface area contributed by atoms with Crippen molar-refractivity contribution < 1.29 is 24.2 Å². The molecule has 0 radical (unpaired) electrons. The average molecular weight is 312 g/mol. The van der Waals surface area contributed by atoms with Crippen molar-refractivity contribution >= 4 is 18.0 Å². The summed E-state index contributed by atoms with van der Waals surface area (Å²) in [6.45, 7) is 2.78. The Hall–Kier alpha value is -1.79. The quantitative estimate of drug-likeness (QED) is 0.760. The Morgan fingerprint density at radius 3 is 2.50 bits per heavy atom. The van der Waals surface area contributed by atoms with Crippen LogP contribution in [0.2, 0.25) is 0 Å². The number of carbonyl (C=O) groups excluding carboxylic acids is 2. The Morgan fingerprint density at radius 2 is 1.86 bits per heavy atom. The molecular formula is C15H24N2O5. The Balaban J connectivity index is 1.87. The highest BCUT2D eigenvalue weighted by Crippen LogP contribution is 2.27. The molecule has 0 aromatic heterocycles. The summed E-state index contributed by atoms with van der Waals surface area (Å²) >= 11 is 0. The maximum Gasteiger partial charge on any atom is 0.317 e. The van der Waals surface area contributed by atoms with Gasteiger partial charge in [0, 0.05) is 19.1 Å². The molecule has 2 unspecified atom stereocenters.